The maximum Gasteiger partial charge on any atom is 0.271 e. The lowest BCUT2D eigenvalue weighted by atomic mass is 9.95. The number of carbonyl (C=O) groups excluding carboxylic acids is 1. The molecule has 19 heavy (non-hydrogen) atoms. The van der Waals surface area contributed by atoms with E-state index in [0.717, 1.165) is 13.0 Å². The molecule has 0 spiro atoms. The normalized spacial score (nSPS) is 26.2. The molecule has 1 amide bonds. The first-order valence-corrected chi connectivity index (χ1v) is 6.57. The minimum Gasteiger partial charge on any atom is -0.376 e. The van der Waals surface area contributed by atoms with Gasteiger partial charge in [-0.15, -0.1) is 10.2 Å². The summed E-state index contributed by atoms with van der Waals surface area (Å²) in [4.78, 5) is 11.6. The van der Waals surface area contributed by atoms with E-state index >= 15 is 0 Å². The maximum atomic E-state index is 11.6. The molecule has 0 saturated carbocycles. The highest BCUT2D eigenvalue weighted by atomic mass is 16.5. The van der Waals surface area contributed by atoms with Crippen molar-refractivity contribution in [2.45, 2.75) is 38.8 Å². The van der Waals surface area contributed by atoms with Crippen molar-refractivity contribution in [1.82, 2.24) is 15.5 Å². The molecule has 1 saturated heterocycles. The zero-order valence-corrected chi connectivity index (χ0v) is 11.6. The van der Waals surface area contributed by atoms with E-state index in [1.54, 1.807) is 12.1 Å². The number of aromatic nitrogens is 2. The molecule has 1 aromatic rings. The van der Waals surface area contributed by atoms with Crippen LogP contribution < -0.4 is 10.6 Å². The van der Waals surface area contributed by atoms with E-state index in [-0.39, 0.29) is 17.6 Å². The van der Waals surface area contributed by atoms with Gasteiger partial charge in [-0.25, -0.2) is 0 Å². The van der Waals surface area contributed by atoms with Crippen molar-refractivity contribution in [2.75, 3.05) is 18.5 Å². The SMILES string of the molecule is CCNC(=O)c1ccc(NC2(C)CCOC2C)nn1. The van der Waals surface area contributed by atoms with Crippen LogP contribution in [0, 0.1) is 0 Å². The summed E-state index contributed by atoms with van der Waals surface area (Å²) in [7, 11) is 0. The molecule has 6 nitrogen and oxygen atoms in total. The largest absolute Gasteiger partial charge is 0.376 e. The smallest absolute Gasteiger partial charge is 0.271 e. The molecule has 1 fully saturated rings. The molecule has 6 heteroatoms. The first-order chi connectivity index (χ1) is 9.05. The van der Waals surface area contributed by atoms with Gasteiger partial charge in [0.15, 0.2) is 5.69 Å². The fraction of sp³-hybridized carbons (Fsp3) is 0.615. The van der Waals surface area contributed by atoms with Crippen molar-refractivity contribution >= 4 is 11.7 Å². The Hall–Kier alpha value is -1.69. The van der Waals surface area contributed by atoms with Gasteiger partial charge in [0, 0.05) is 13.2 Å². The van der Waals surface area contributed by atoms with Crippen molar-refractivity contribution in [1.29, 1.82) is 0 Å². The summed E-state index contributed by atoms with van der Waals surface area (Å²) < 4.78 is 5.56. The molecule has 2 N–H and O–H groups in total. The number of hydrogen-bond acceptors (Lipinski definition) is 5. The van der Waals surface area contributed by atoms with Crippen LogP contribution in [0.5, 0.6) is 0 Å². The van der Waals surface area contributed by atoms with E-state index in [4.69, 9.17) is 4.74 Å². The van der Waals surface area contributed by atoms with Gasteiger partial charge in [-0.05, 0) is 39.3 Å². The van der Waals surface area contributed by atoms with E-state index in [1.807, 2.05) is 13.8 Å². The lowest BCUT2D eigenvalue weighted by Crippen LogP contribution is -2.41. The second-order valence-electron chi connectivity index (χ2n) is 4.97. The molecule has 0 radical (unpaired) electrons. The number of nitrogens with one attached hydrogen (secondary N) is 2. The van der Waals surface area contributed by atoms with Crippen molar-refractivity contribution in [3.8, 4) is 0 Å². The van der Waals surface area contributed by atoms with E-state index in [9.17, 15) is 4.79 Å². The third-order valence-corrected chi connectivity index (χ3v) is 3.53. The van der Waals surface area contributed by atoms with Gasteiger partial charge < -0.3 is 15.4 Å². The van der Waals surface area contributed by atoms with Crippen LogP contribution in [0.2, 0.25) is 0 Å². The van der Waals surface area contributed by atoms with Crippen molar-refractivity contribution in [3.63, 3.8) is 0 Å². The second kappa shape index (κ2) is 5.52. The predicted molar refractivity (Wildman–Crippen MR) is 72.1 cm³/mol. The number of ether oxygens (including phenoxy) is 1. The maximum absolute atomic E-state index is 11.6. The van der Waals surface area contributed by atoms with Crippen molar-refractivity contribution in [2.24, 2.45) is 0 Å². The quantitative estimate of drug-likeness (QED) is 0.854. The molecule has 2 atom stereocenters. The minimum atomic E-state index is -0.203. The Morgan fingerprint density at radius 1 is 1.53 bits per heavy atom. The zero-order valence-electron chi connectivity index (χ0n) is 11.6. The highest BCUT2D eigenvalue weighted by Gasteiger charge is 2.37. The molecule has 1 aliphatic rings. The molecule has 0 aliphatic carbocycles. The summed E-state index contributed by atoms with van der Waals surface area (Å²) in [5.41, 5.74) is 0.190. The van der Waals surface area contributed by atoms with Crippen molar-refractivity contribution < 1.29 is 9.53 Å². The Balaban J connectivity index is 2.05. The van der Waals surface area contributed by atoms with Gasteiger partial charge in [0.25, 0.3) is 5.91 Å². The molecule has 0 aromatic carbocycles. The molecule has 2 heterocycles. The molecule has 1 aliphatic heterocycles. The van der Waals surface area contributed by atoms with Gasteiger partial charge in [0.2, 0.25) is 0 Å². The molecule has 2 unspecified atom stereocenters. The number of hydrogen-bond donors (Lipinski definition) is 2. The fourth-order valence-corrected chi connectivity index (χ4v) is 2.06. The number of amides is 1. The summed E-state index contributed by atoms with van der Waals surface area (Å²) >= 11 is 0. The number of anilines is 1. The lowest BCUT2D eigenvalue weighted by Gasteiger charge is -2.29. The summed E-state index contributed by atoms with van der Waals surface area (Å²) in [6.07, 6.45) is 1.05. The van der Waals surface area contributed by atoms with E-state index in [2.05, 4.69) is 27.8 Å². The Morgan fingerprint density at radius 3 is 2.84 bits per heavy atom. The van der Waals surface area contributed by atoms with Crippen LogP contribution >= 0.6 is 0 Å². The van der Waals surface area contributed by atoms with Crippen LogP contribution in [-0.2, 0) is 4.74 Å². The lowest BCUT2D eigenvalue weighted by molar-refractivity contribution is 0.0949. The average Bonchev–Trinajstić information content (AvgIpc) is 2.70. The van der Waals surface area contributed by atoms with Crippen LogP contribution in [0.4, 0.5) is 5.82 Å². The van der Waals surface area contributed by atoms with Gasteiger partial charge in [-0.1, -0.05) is 0 Å². The molecular formula is C13H20N4O2. The van der Waals surface area contributed by atoms with Crippen molar-refractivity contribution in [3.05, 3.63) is 17.8 Å². The highest BCUT2D eigenvalue weighted by Crippen LogP contribution is 2.28. The molecule has 1 aromatic heterocycles. The highest BCUT2D eigenvalue weighted by molar-refractivity contribution is 5.92. The Morgan fingerprint density at radius 2 is 2.32 bits per heavy atom. The summed E-state index contributed by atoms with van der Waals surface area (Å²) in [5, 5.41) is 14.0. The zero-order chi connectivity index (χ0) is 13.9. The molecular weight excluding hydrogens is 244 g/mol. The first kappa shape index (κ1) is 13.7. The Labute approximate surface area is 112 Å². The fourth-order valence-electron chi connectivity index (χ4n) is 2.06. The Kier molecular flexibility index (Phi) is 3.99. The monoisotopic (exact) mass is 264 g/mol. The van der Waals surface area contributed by atoms with E-state index in [0.29, 0.717) is 18.1 Å². The average molecular weight is 264 g/mol. The standard InChI is InChI=1S/C13H20N4O2/c1-4-14-12(18)10-5-6-11(17-16-10)15-13(3)7-8-19-9(13)2/h5-6,9H,4,7-8H2,1-3H3,(H,14,18)(H,15,17). The van der Waals surface area contributed by atoms with E-state index < -0.39 is 0 Å². The van der Waals surface area contributed by atoms with Gasteiger partial charge in [-0.3, -0.25) is 4.79 Å². The summed E-state index contributed by atoms with van der Waals surface area (Å²) in [6, 6.07) is 3.44. The van der Waals surface area contributed by atoms with Crippen LogP contribution in [0.15, 0.2) is 12.1 Å². The van der Waals surface area contributed by atoms with Crippen LogP contribution in [-0.4, -0.2) is 40.9 Å². The first-order valence-electron chi connectivity index (χ1n) is 6.57. The second-order valence-corrected chi connectivity index (χ2v) is 4.97. The summed E-state index contributed by atoms with van der Waals surface area (Å²) in [6.45, 7) is 7.33. The summed E-state index contributed by atoms with van der Waals surface area (Å²) in [5.74, 6) is 0.457. The van der Waals surface area contributed by atoms with Gasteiger partial charge in [0.1, 0.15) is 5.82 Å². The number of rotatable bonds is 4. The molecule has 2 rings (SSSR count). The molecule has 0 bridgehead atoms. The van der Waals surface area contributed by atoms with Crippen LogP contribution in [0.25, 0.3) is 0 Å². The van der Waals surface area contributed by atoms with E-state index in [1.165, 1.54) is 0 Å². The predicted octanol–water partition coefficient (Wildman–Crippen LogP) is 1.21. The van der Waals surface area contributed by atoms with Gasteiger partial charge >= 0.3 is 0 Å². The number of carbonyl (C=O) groups is 1. The van der Waals surface area contributed by atoms with Crippen LogP contribution in [0.3, 0.4) is 0 Å². The Bertz CT molecular complexity index is 448. The van der Waals surface area contributed by atoms with Gasteiger partial charge in [-0.2, -0.15) is 0 Å². The topological polar surface area (TPSA) is 76.1 Å². The van der Waals surface area contributed by atoms with Crippen LogP contribution in [0.1, 0.15) is 37.7 Å². The number of nitrogens with zero attached hydrogens (tertiary/aromatic N) is 2. The third kappa shape index (κ3) is 3.01. The minimum absolute atomic E-state index is 0.123. The molecule has 104 valence electrons. The third-order valence-electron chi connectivity index (χ3n) is 3.53. The van der Waals surface area contributed by atoms with Gasteiger partial charge in [0.05, 0.1) is 11.6 Å².